The molecule has 17 heavy (non-hydrogen) atoms. The van der Waals surface area contributed by atoms with Gasteiger partial charge >= 0.3 is 0 Å². The molecule has 0 saturated carbocycles. The molecule has 0 fully saturated rings. The zero-order valence-electron chi connectivity index (χ0n) is 9.29. The third-order valence-corrected chi connectivity index (χ3v) is 2.73. The standard InChI is InChI=1S/C14H13ClFN/c15-12-4-6-14(7-5-12)17-9-8-11-2-1-3-13(16)10-11/h1-7,10,17H,8-9H2. The van der Waals surface area contributed by atoms with Crippen molar-refractivity contribution in [3.8, 4) is 0 Å². The third kappa shape index (κ3) is 3.75. The van der Waals surface area contributed by atoms with Crippen molar-refractivity contribution in [1.29, 1.82) is 0 Å². The highest BCUT2D eigenvalue weighted by molar-refractivity contribution is 6.30. The predicted molar refractivity (Wildman–Crippen MR) is 70.0 cm³/mol. The summed E-state index contributed by atoms with van der Waals surface area (Å²) in [5.74, 6) is -0.186. The van der Waals surface area contributed by atoms with Crippen LogP contribution >= 0.6 is 11.6 Å². The first kappa shape index (κ1) is 11.9. The van der Waals surface area contributed by atoms with E-state index in [0.29, 0.717) is 0 Å². The van der Waals surface area contributed by atoms with Crippen LogP contribution in [0.5, 0.6) is 0 Å². The Morgan fingerprint density at radius 3 is 2.53 bits per heavy atom. The fourth-order valence-electron chi connectivity index (χ4n) is 1.61. The normalized spacial score (nSPS) is 10.2. The average Bonchev–Trinajstić information content (AvgIpc) is 2.32. The van der Waals surface area contributed by atoms with Gasteiger partial charge in [-0.1, -0.05) is 23.7 Å². The minimum atomic E-state index is -0.186. The molecule has 0 bridgehead atoms. The summed E-state index contributed by atoms with van der Waals surface area (Å²) in [6.45, 7) is 0.769. The van der Waals surface area contributed by atoms with E-state index in [0.717, 1.165) is 29.2 Å². The van der Waals surface area contributed by atoms with Gasteiger partial charge in [0.25, 0.3) is 0 Å². The largest absolute Gasteiger partial charge is 0.385 e. The Morgan fingerprint density at radius 1 is 1.06 bits per heavy atom. The lowest BCUT2D eigenvalue weighted by molar-refractivity contribution is 0.625. The molecule has 2 aromatic carbocycles. The summed E-state index contributed by atoms with van der Waals surface area (Å²) in [4.78, 5) is 0. The van der Waals surface area contributed by atoms with Gasteiger partial charge in [0.1, 0.15) is 5.82 Å². The SMILES string of the molecule is Fc1cccc(CCNc2ccc(Cl)cc2)c1. The summed E-state index contributed by atoms with van der Waals surface area (Å²) in [7, 11) is 0. The van der Waals surface area contributed by atoms with Crippen LogP contribution in [0.3, 0.4) is 0 Å². The molecular weight excluding hydrogens is 237 g/mol. The lowest BCUT2D eigenvalue weighted by Gasteiger charge is -2.06. The van der Waals surface area contributed by atoms with E-state index in [2.05, 4.69) is 5.32 Å². The third-order valence-electron chi connectivity index (χ3n) is 2.48. The smallest absolute Gasteiger partial charge is 0.123 e. The maximum Gasteiger partial charge on any atom is 0.123 e. The van der Waals surface area contributed by atoms with Crippen molar-refractivity contribution >= 4 is 17.3 Å². The number of anilines is 1. The minimum Gasteiger partial charge on any atom is -0.385 e. The maximum absolute atomic E-state index is 12.9. The summed E-state index contributed by atoms with van der Waals surface area (Å²) in [5.41, 5.74) is 2.01. The quantitative estimate of drug-likeness (QED) is 0.859. The number of benzene rings is 2. The van der Waals surface area contributed by atoms with Gasteiger partial charge in [0, 0.05) is 17.3 Å². The zero-order valence-corrected chi connectivity index (χ0v) is 10.0. The molecule has 0 aliphatic rings. The second-order valence-electron chi connectivity index (χ2n) is 3.81. The first-order valence-corrected chi connectivity index (χ1v) is 5.86. The summed E-state index contributed by atoms with van der Waals surface area (Å²) in [6.07, 6.45) is 0.792. The van der Waals surface area contributed by atoms with Gasteiger partial charge < -0.3 is 5.32 Å². The number of hydrogen-bond acceptors (Lipinski definition) is 1. The van der Waals surface area contributed by atoms with Crippen LogP contribution in [0.4, 0.5) is 10.1 Å². The van der Waals surface area contributed by atoms with E-state index >= 15 is 0 Å². The van der Waals surface area contributed by atoms with Gasteiger partial charge in [-0.2, -0.15) is 0 Å². The van der Waals surface area contributed by atoms with Crippen molar-refractivity contribution in [2.24, 2.45) is 0 Å². The first-order chi connectivity index (χ1) is 8.24. The van der Waals surface area contributed by atoms with Gasteiger partial charge in [0.2, 0.25) is 0 Å². The topological polar surface area (TPSA) is 12.0 Å². The minimum absolute atomic E-state index is 0.186. The van der Waals surface area contributed by atoms with Crippen molar-refractivity contribution in [1.82, 2.24) is 0 Å². The molecule has 88 valence electrons. The van der Waals surface area contributed by atoms with Crippen LogP contribution in [0.2, 0.25) is 5.02 Å². The molecule has 1 nitrogen and oxygen atoms in total. The van der Waals surface area contributed by atoms with Gasteiger partial charge in [0.15, 0.2) is 0 Å². The lowest BCUT2D eigenvalue weighted by Crippen LogP contribution is -2.04. The second-order valence-corrected chi connectivity index (χ2v) is 4.25. The molecular formula is C14H13ClFN. The van der Waals surface area contributed by atoms with E-state index in [1.54, 1.807) is 12.1 Å². The van der Waals surface area contributed by atoms with Gasteiger partial charge in [-0.3, -0.25) is 0 Å². The average molecular weight is 250 g/mol. The molecule has 3 heteroatoms. The molecule has 0 atom stereocenters. The Labute approximate surface area is 105 Å². The Balaban J connectivity index is 1.85. The summed E-state index contributed by atoms with van der Waals surface area (Å²) in [6, 6.07) is 14.2. The van der Waals surface area contributed by atoms with E-state index in [4.69, 9.17) is 11.6 Å². The highest BCUT2D eigenvalue weighted by atomic mass is 35.5. The monoisotopic (exact) mass is 249 g/mol. The van der Waals surface area contributed by atoms with Crippen LogP contribution in [-0.2, 0) is 6.42 Å². The molecule has 0 spiro atoms. The summed E-state index contributed by atoms with van der Waals surface area (Å²) >= 11 is 5.79. The highest BCUT2D eigenvalue weighted by Gasteiger charge is 1.96. The van der Waals surface area contributed by atoms with E-state index < -0.39 is 0 Å². The number of hydrogen-bond donors (Lipinski definition) is 1. The van der Waals surface area contributed by atoms with Crippen LogP contribution in [0.25, 0.3) is 0 Å². The summed E-state index contributed by atoms with van der Waals surface area (Å²) in [5, 5.41) is 3.98. The van der Waals surface area contributed by atoms with Crippen LogP contribution in [0.1, 0.15) is 5.56 Å². The van der Waals surface area contributed by atoms with Gasteiger partial charge in [-0.05, 0) is 48.4 Å². The van der Waals surface area contributed by atoms with Crippen LogP contribution in [0.15, 0.2) is 48.5 Å². The van der Waals surface area contributed by atoms with Crippen molar-refractivity contribution in [2.45, 2.75) is 6.42 Å². The Kier molecular flexibility index (Phi) is 3.99. The molecule has 2 rings (SSSR count). The van der Waals surface area contributed by atoms with E-state index in [1.807, 2.05) is 30.3 Å². The zero-order chi connectivity index (χ0) is 12.1. The molecule has 0 radical (unpaired) electrons. The van der Waals surface area contributed by atoms with Crippen molar-refractivity contribution in [2.75, 3.05) is 11.9 Å². The van der Waals surface area contributed by atoms with Crippen molar-refractivity contribution < 1.29 is 4.39 Å². The number of halogens is 2. The Bertz CT molecular complexity index is 482. The van der Waals surface area contributed by atoms with Crippen molar-refractivity contribution in [3.63, 3.8) is 0 Å². The Morgan fingerprint density at radius 2 is 1.82 bits per heavy atom. The number of nitrogens with one attached hydrogen (secondary N) is 1. The molecule has 0 amide bonds. The summed E-state index contributed by atoms with van der Waals surface area (Å²) < 4.78 is 12.9. The lowest BCUT2D eigenvalue weighted by atomic mass is 10.1. The molecule has 0 saturated heterocycles. The predicted octanol–water partition coefficient (Wildman–Crippen LogP) is 4.13. The molecule has 1 N–H and O–H groups in total. The molecule has 0 aliphatic heterocycles. The van der Waals surface area contributed by atoms with Crippen LogP contribution < -0.4 is 5.32 Å². The second kappa shape index (κ2) is 5.69. The fourth-order valence-corrected chi connectivity index (χ4v) is 1.74. The van der Waals surface area contributed by atoms with Gasteiger partial charge in [0.05, 0.1) is 0 Å². The first-order valence-electron chi connectivity index (χ1n) is 5.48. The number of rotatable bonds is 4. The molecule has 0 heterocycles. The van der Waals surface area contributed by atoms with Gasteiger partial charge in [-0.15, -0.1) is 0 Å². The van der Waals surface area contributed by atoms with Crippen molar-refractivity contribution in [3.05, 3.63) is 64.9 Å². The molecule has 2 aromatic rings. The highest BCUT2D eigenvalue weighted by Crippen LogP contribution is 2.13. The molecule has 0 aliphatic carbocycles. The molecule has 0 aromatic heterocycles. The fraction of sp³-hybridized carbons (Fsp3) is 0.143. The molecule has 0 unspecified atom stereocenters. The van der Waals surface area contributed by atoms with E-state index in [9.17, 15) is 4.39 Å². The van der Waals surface area contributed by atoms with Gasteiger partial charge in [-0.25, -0.2) is 4.39 Å². The van der Waals surface area contributed by atoms with Crippen LogP contribution in [-0.4, -0.2) is 6.54 Å². The van der Waals surface area contributed by atoms with E-state index in [1.165, 1.54) is 6.07 Å². The Hall–Kier alpha value is -1.54. The van der Waals surface area contributed by atoms with Crippen LogP contribution in [0, 0.1) is 5.82 Å². The maximum atomic E-state index is 12.9. The van der Waals surface area contributed by atoms with E-state index in [-0.39, 0.29) is 5.82 Å².